The largest absolute Gasteiger partial charge is 0.482 e. The number of carbonyl (C=O) groups is 1. The van der Waals surface area contributed by atoms with Gasteiger partial charge in [0.05, 0.1) is 10.1 Å². The van der Waals surface area contributed by atoms with Gasteiger partial charge in [-0.25, -0.2) is 4.79 Å². The number of carboxylic acids is 1. The second-order valence-electron chi connectivity index (χ2n) is 5.17. The summed E-state index contributed by atoms with van der Waals surface area (Å²) in [5.41, 5.74) is 1.11. The molecule has 11 heteroatoms. The van der Waals surface area contributed by atoms with Crippen LogP contribution in [0, 0.1) is 0 Å². The highest BCUT2D eigenvalue weighted by atomic mass is 32.2. The quantitative estimate of drug-likeness (QED) is 0.631. The summed E-state index contributed by atoms with van der Waals surface area (Å²) in [6, 6.07) is 12.0. The molecule has 1 atom stereocenters. The Morgan fingerprint density at radius 2 is 1.88 bits per heavy atom. The Hall–Kier alpha value is -3.15. The monoisotopic (exact) mass is 377 g/mol. The molecule has 0 amide bonds. The molecule has 10 nitrogen and oxygen atoms in total. The first-order valence-corrected chi connectivity index (χ1v) is 8.67. The molecule has 3 rings (SSSR count). The zero-order valence-corrected chi connectivity index (χ0v) is 13.9. The number of benzene rings is 2. The lowest BCUT2D eigenvalue weighted by molar-refractivity contribution is -0.847. The second-order valence-corrected chi connectivity index (χ2v) is 6.59. The predicted octanol–water partition coefficient (Wildman–Crippen LogP) is 0.656. The van der Waals surface area contributed by atoms with Gasteiger partial charge in [-0.15, -0.1) is 0 Å². The maximum atomic E-state index is 11.1. The Labute approximate surface area is 147 Å². The minimum atomic E-state index is -4.27. The van der Waals surface area contributed by atoms with Crippen molar-refractivity contribution in [1.29, 1.82) is 0 Å². The number of nitrogens with one attached hydrogen (secondary N) is 1. The van der Waals surface area contributed by atoms with E-state index in [0.717, 1.165) is 0 Å². The molecule has 1 unspecified atom stereocenters. The average Bonchev–Trinajstić information content (AvgIpc) is 3.10. The minimum absolute atomic E-state index is 0.232. The molecule has 0 aromatic heterocycles. The van der Waals surface area contributed by atoms with E-state index in [2.05, 4.69) is 15.4 Å². The summed E-state index contributed by atoms with van der Waals surface area (Å²) in [6.07, 6.45) is 0. The van der Waals surface area contributed by atoms with E-state index in [9.17, 15) is 13.2 Å². The van der Waals surface area contributed by atoms with Crippen LogP contribution >= 0.6 is 0 Å². The third-order valence-corrected chi connectivity index (χ3v) is 4.18. The lowest BCUT2D eigenvalue weighted by Gasteiger charge is -2.04. The molecule has 134 valence electrons. The van der Waals surface area contributed by atoms with Crippen LogP contribution in [0.3, 0.4) is 0 Å². The van der Waals surface area contributed by atoms with Crippen molar-refractivity contribution >= 4 is 27.6 Å². The lowest BCUT2D eigenvalue weighted by Crippen LogP contribution is -2.95. The van der Waals surface area contributed by atoms with E-state index in [4.69, 9.17) is 14.4 Å². The van der Waals surface area contributed by atoms with Crippen molar-refractivity contribution in [2.24, 2.45) is 15.4 Å². The van der Waals surface area contributed by atoms with Gasteiger partial charge in [-0.2, -0.15) is 8.42 Å². The topological polar surface area (TPSA) is 142 Å². The number of aliphatic carboxylic acids is 1. The maximum absolute atomic E-state index is 11.1. The Morgan fingerprint density at radius 3 is 2.54 bits per heavy atom. The predicted molar refractivity (Wildman–Crippen MR) is 87.8 cm³/mol. The van der Waals surface area contributed by atoms with Crippen LogP contribution in [0.1, 0.15) is 5.56 Å². The highest BCUT2D eigenvalue weighted by Crippen LogP contribution is 2.16. The van der Waals surface area contributed by atoms with E-state index in [1.165, 1.54) is 24.3 Å². The van der Waals surface area contributed by atoms with Gasteiger partial charge in [-0.05, 0) is 34.5 Å². The molecule has 0 aliphatic carbocycles. The number of carboxylic acid groups (broad SMARTS) is 1. The third kappa shape index (κ3) is 4.08. The summed E-state index contributed by atoms with van der Waals surface area (Å²) < 4.78 is 36.2. The number of nitrogens with zero attached hydrogens (tertiary/aromatic N) is 3. The van der Waals surface area contributed by atoms with Crippen molar-refractivity contribution in [3.05, 3.63) is 54.1 Å². The Morgan fingerprint density at radius 1 is 1.15 bits per heavy atom. The number of hydrogen-bond donors (Lipinski definition) is 3. The summed E-state index contributed by atoms with van der Waals surface area (Å²) >= 11 is 0. The first-order valence-electron chi connectivity index (χ1n) is 7.23. The SMILES string of the molecule is O=C(O)COc1cccc(C2=N[NH+](c3ccc(S(=O)(=O)O)cc3)N=N2)c1. The van der Waals surface area contributed by atoms with Gasteiger partial charge >= 0.3 is 5.97 Å². The van der Waals surface area contributed by atoms with Crippen molar-refractivity contribution in [3.8, 4) is 5.75 Å². The van der Waals surface area contributed by atoms with Crippen molar-refractivity contribution in [2.75, 3.05) is 6.61 Å². The molecule has 0 bridgehead atoms. The number of quaternary nitrogens is 1. The van der Waals surface area contributed by atoms with Gasteiger partial charge in [0.1, 0.15) is 5.75 Å². The Balaban J connectivity index is 1.79. The van der Waals surface area contributed by atoms with Crippen LogP contribution in [-0.4, -0.2) is 36.5 Å². The average molecular weight is 377 g/mol. The van der Waals surface area contributed by atoms with Gasteiger partial charge in [-0.1, -0.05) is 17.2 Å². The zero-order valence-electron chi connectivity index (χ0n) is 13.1. The molecule has 0 saturated heterocycles. The van der Waals surface area contributed by atoms with E-state index in [1.807, 2.05) is 0 Å². The van der Waals surface area contributed by atoms with Crippen LogP contribution in [0.25, 0.3) is 0 Å². The first kappa shape index (κ1) is 17.7. The fourth-order valence-corrected chi connectivity index (χ4v) is 2.61. The van der Waals surface area contributed by atoms with E-state index < -0.39 is 22.7 Å². The summed E-state index contributed by atoms with van der Waals surface area (Å²) in [4.78, 5) is 10.3. The normalized spacial score (nSPS) is 16.3. The first-order chi connectivity index (χ1) is 12.3. The Kier molecular flexibility index (Phi) is 4.75. The summed E-state index contributed by atoms with van der Waals surface area (Å²) in [7, 11) is -4.27. The van der Waals surface area contributed by atoms with Gasteiger partial charge in [0, 0.05) is 17.7 Å². The van der Waals surface area contributed by atoms with E-state index in [1.54, 1.807) is 24.3 Å². The Bertz CT molecular complexity index is 1000. The van der Waals surface area contributed by atoms with Gasteiger partial charge in [0.25, 0.3) is 10.1 Å². The van der Waals surface area contributed by atoms with Crippen molar-refractivity contribution in [1.82, 2.24) is 0 Å². The molecule has 3 N–H and O–H groups in total. The molecule has 1 heterocycles. The molecule has 0 radical (unpaired) electrons. The second kappa shape index (κ2) is 7.00. The van der Waals surface area contributed by atoms with E-state index in [0.29, 0.717) is 22.8 Å². The molecule has 0 fully saturated rings. The van der Waals surface area contributed by atoms with Crippen LogP contribution in [0.5, 0.6) is 5.75 Å². The van der Waals surface area contributed by atoms with Gasteiger partial charge in [0.15, 0.2) is 12.3 Å². The molecule has 1 aliphatic rings. The van der Waals surface area contributed by atoms with Crippen LogP contribution in [0.2, 0.25) is 0 Å². The van der Waals surface area contributed by atoms with Crippen molar-refractivity contribution < 1.29 is 32.7 Å². The van der Waals surface area contributed by atoms with Crippen LogP contribution in [0.15, 0.2) is 68.9 Å². The van der Waals surface area contributed by atoms with Crippen molar-refractivity contribution in [3.63, 3.8) is 0 Å². The summed E-state index contributed by atoms with van der Waals surface area (Å²) in [5.74, 6) is -0.425. The minimum Gasteiger partial charge on any atom is -0.482 e. The number of amidine groups is 1. The molecule has 2 aromatic carbocycles. The van der Waals surface area contributed by atoms with E-state index >= 15 is 0 Å². The smallest absolute Gasteiger partial charge is 0.341 e. The van der Waals surface area contributed by atoms with Crippen LogP contribution in [0.4, 0.5) is 5.69 Å². The van der Waals surface area contributed by atoms with Crippen LogP contribution < -0.4 is 9.85 Å². The lowest BCUT2D eigenvalue weighted by atomic mass is 10.2. The molecular weight excluding hydrogens is 364 g/mol. The summed E-state index contributed by atoms with van der Waals surface area (Å²) in [5, 5.41) is 21.1. The van der Waals surface area contributed by atoms with Gasteiger partial charge < -0.3 is 9.84 Å². The molecule has 2 aromatic rings. The number of ether oxygens (including phenoxy) is 1. The summed E-state index contributed by atoms with van der Waals surface area (Å²) in [6.45, 7) is -0.463. The molecule has 0 spiro atoms. The standard InChI is InChI=1S/C15H12N4O6S/c20-14(21)9-25-12-3-1-2-10(8-12)15-16-18-19(17-15)11-4-6-13(7-5-11)26(22,23)24/h1-8H,9H2,(H,20,21)(H,22,23,24)/p+1. The molecule has 26 heavy (non-hydrogen) atoms. The fourth-order valence-electron chi connectivity index (χ4n) is 2.13. The molecule has 1 aliphatic heterocycles. The van der Waals surface area contributed by atoms with Gasteiger partial charge in [-0.3, -0.25) is 4.55 Å². The number of hydrogen-bond acceptors (Lipinski definition) is 7. The van der Waals surface area contributed by atoms with Gasteiger partial charge in [0.2, 0.25) is 5.84 Å². The highest BCUT2D eigenvalue weighted by Gasteiger charge is 2.22. The fraction of sp³-hybridized carbons (Fsp3) is 0.0667. The van der Waals surface area contributed by atoms with Crippen LogP contribution in [-0.2, 0) is 14.9 Å². The van der Waals surface area contributed by atoms with Crippen molar-refractivity contribution in [2.45, 2.75) is 4.90 Å². The van der Waals surface area contributed by atoms with E-state index in [-0.39, 0.29) is 10.0 Å². The highest BCUT2D eigenvalue weighted by molar-refractivity contribution is 7.85. The molecule has 0 saturated carbocycles. The number of rotatable bonds is 6. The third-order valence-electron chi connectivity index (χ3n) is 3.32. The zero-order chi connectivity index (χ0) is 18.7. The maximum Gasteiger partial charge on any atom is 0.341 e. The molecular formula is C15H13N4O6S+.